The molecule has 1 heterocycles. The van der Waals surface area contributed by atoms with E-state index in [1.807, 2.05) is 0 Å². The van der Waals surface area contributed by atoms with Gasteiger partial charge in [0.15, 0.2) is 0 Å². The molecule has 1 saturated heterocycles. The van der Waals surface area contributed by atoms with Gasteiger partial charge in [0.1, 0.15) is 0 Å². The molecule has 2 nitrogen and oxygen atoms in total. The Balaban J connectivity index is 2.17. The minimum absolute atomic E-state index is 0.387. The minimum Gasteiger partial charge on any atom is -0.325 e. The zero-order valence-corrected chi connectivity index (χ0v) is 9.83. The SMILES string of the molecule is Cc1ccc(C)c(C(C)N2CC(N)C2)c1. The van der Waals surface area contributed by atoms with Gasteiger partial charge in [0.25, 0.3) is 0 Å². The number of hydrogen-bond donors (Lipinski definition) is 1. The molecule has 2 N–H and O–H groups in total. The van der Waals surface area contributed by atoms with Crippen LogP contribution >= 0.6 is 0 Å². The maximum absolute atomic E-state index is 5.81. The van der Waals surface area contributed by atoms with Crippen molar-refractivity contribution in [2.24, 2.45) is 5.73 Å². The lowest BCUT2D eigenvalue weighted by molar-refractivity contribution is 0.103. The lowest BCUT2D eigenvalue weighted by Gasteiger charge is -2.42. The molecule has 2 heteroatoms. The monoisotopic (exact) mass is 204 g/mol. The second-order valence-corrected chi connectivity index (χ2v) is 4.75. The summed E-state index contributed by atoms with van der Waals surface area (Å²) in [5.74, 6) is 0. The number of hydrogen-bond acceptors (Lipinski definition) is 2. The molecule has 0 radical (unpaired) electrons. The molecule has 15 heavy (non-hydrogen) atoms. The van der Waals surface area contributed by atoms with E-state index in [1.165, 1.54) is 16.7 Å². The van der Waals surface area contributed by atoms with E-state index >= 15 is 0 Å². The van der Waals surface area contributed by atoms with Crippen LogP contribution in [0.4, 0.5) is 0 Å². The Morgan fingerprint density at radius 3 is 2.60 bits per heavy atom. The van der Waals surface area contributed by atoms with Crippen LogP contribution in [0.1, 0.15) is 29.7 Å². The van der Waals surface area contributed by atoms with Crippen molar-refractivity contribution >= 4 is 0 Å². The fraction of sp³-hybridized carbons (Fsp3) is 0.538. The van der Waals surface area contributed by atoms with Crippen LogP contribution in [0.2, 0.25) is 0 Å². The van der Waals surface area contributed by atoms with Crippen LogP contribution < -0.4 is 5.73 Å². The predicted octanol–water partition coefficient (Wildman–Crippen LogP) is 2.01. The summed E-state index contributed by atoms with van der Waals surface area (Å²) in [4.78, 5) is 2.44. The minimum atomic E-state index is 0.387. The molecular weight excluding hydrogens is 184 g/mol. The lowest BCUT2D eigenvalue weighted by Crippen LogP contribution is -2.56. The van der Waals surface area contributed by atoms with Gasteiger partial charge in [0, 0.05) is 25.2 Å². The summed E-state index contributed by atoms with van der Waals surface area (Å²) in [5.41, 5.74) is 9.98. The van der Waals surface area contributed by atoms with Gasteiger partial charge in [0.05, 0.1) is 0 Å². The molecule has 1 unspecified atom stereocenters. The summed E-state index contributed by atoms with van der Waals surface area (Å²) in [6.45, 7) is 8.68. The van der Waals surface area contributed by atoms with Gasteiger partial charge in [-0.15, -0.1) is 0 Å². The third kappa shape index (κ3) is 2.06. The first-order chi connectivity index (χ1) is 7.08. The van der Waals surface area contributed by atoms with E-state index in [0.29, 0.717) is 12.1 Å². The molecule has 1 aromatic rings. The maximum atomic E-state index is 5.81. The lowest BCUT2D eigenvalue weighted by atomic mass is 9.96. The van der Waals surface area contributed by atoms with Crippen LogP contribution in [0.15, 0.2) is 18.2 Å². The van der Waals surface area contributed by atoms with Gasteiger partial charge in [-0.25, -0.2) is 0 Å². The van der Waals surface area contributed by atoms with Gasteiger partial charge in [-0.05, 0) is 31.9 Å². The quantitative estimate of drug-likeness (QED) is 0.798. The van der Waals surface area contributed by atoms with E-state index in [0.717, 1.165) is 13.1 Å². The molecule has 0 amide bonds. The van der Waals surface area contributed by atoms with E-state index in [4.69, 9.17) is 5.73 Å². The highest BCUT2D eigenvalue weighted by molar-refractivity contribution is 5.33. The van der Waals surface area contributed by atoms with Crippen LogP contribution in [0, 0.1) is 13.8 Å². The largest absolute Gasteiger partial charge is 0.325 e. The Hall–Kier alpha value is -0.860. The number of aryl methyl sites for hydroxylation is 2. The fourth-order valence-electron chi connectivity index (χ4n) is 2.27. The topological polar surface area (TPSA) is 29.3 Å². The first-order valence-electron chi connectivity index (χ1n) is 5.64. The normalized spacial score (nSPS) is 20.0. The Bertz CT molecular complexity index is 354. The fourth-order valence-corrected chi connectivity index (χ4v) is 2.27. The Labute approximate surface area is 92.1 Å². The summed E-state index contributed by atoms with van der Waals surface area (Å²) in [6.07, 6.45) is 0. The van der Waals surface area contributed by atoms with E-state index in [9.17, 15) is 0 Å². The van der Waals surface area contributed by atoms with Crippen LogP contribution in [0.3, 0.4) is 0 Å². The van der Waals surface area contributed by atoms with Crippen molar-refractivity contribution in [2.45, 2.75) is 32.9 Å². The third-order valence-electron chi connectivity index (χ3n) is 3.37. The molecule has 0 saturated carbocycles. The summed E-state index contributed by atoms with van der Waals surface area (Å²) < 4.78 is 0. The highest BCUT2D eigenvalue weighted by atomic mass is 15.2. The zero-order chi connectivity index (χ0) is 11.0. The Morgan fingerprint density at radius 2 is 2.00 bits per heavy atom. The van der Waals surface area contributed by atoms with Crippen molar-refractivity contribution in [2.75, 3.05) is 13.1 Å². The van der Waals surface area contributed by atoms with Crippen LogP contribution in [0.25, 0.3) is 0 Å². The molecule has 82 valence electrons. The average molecular weight is 204 g/mol. The van der Waals surface area contributed by atoms with Crippen molar-refractivity contribution in [3.63, 3.8) is 0 Å². The Morgan fingerprint density at radius 1 is 1.33 bits per heavy atom. The van der Waals surface area contributed by atoms with Gasteiger partial charge in [-0.1, -0.05) is 23.8 Å². The van der Waals surface area contributed by atoms with Crippen molar-refractivity contribution in [1.29, 1.82) is 0 Å². The van der Waals surface area contributed by atoms with E-state index in [-0.39, 0.29) is 0 Å². The highest BCUT2D eigenvalue weighted by Gasteiger charge is 2.28. The van der Waals surface area contributed by atoms with Gasteiger partial charge in [-0.3, -0.25) is 4.90 Å². The van der Waals surface area contributed by atoms with E-state index in [2.05, 4.69) is 43.9 Å². The Kier molecular flexibility index (Phi) is 2.81. The van der Waals surface area contributed by atoms with Gasteiger partial charge >= 0.3 is 0 Å². The van der Waals surface area contributed by atoms with Crippen LogP contribution in [-0.2, 0) is 0 Å². The summed E-state index contributed by atoms with van der Waals surface area (Å²) in [7, 11) is 0. The number of nitrogens with zero attached hydrogens (tertiary/aromatic N) is 1. The number of nitrogens with two attached hydrogens (primary N) is 1. The van der Waals surface area contributed by atoms with Crippen molar-refractivity contribution in [3.8, 4) is 0 Å². The van der Waals surface area contributed by atoms with Gasteiger partial charge < -0.3 is 5.73 Å². The van der Waals surface area contributed by atoms with E-state index in [1.54, 1.807) is 0 Å². The summed E-state index contributed by atoms with van der Waals surface area (Å²) in [6, 6.07) is 7.57. The van der Waals surface area contributed by atoms with Crippen LogP contribution in [-0.4, -0.2) is 24.0 Å². The van der Waals surface area contributed by atoms with Crippen molar-refractivity contribution in [1.82, 2.24) is 4.90 Å². The first kappa shape index (κ1) is 10.7. The third-order valence-corrected chi connectivity index (χ3v) is 3.37. The summed E-state index contributed by atoms with van der Waals surface area (Å²) in [5, 5.41) is 0. The molecule has 1 aliphatic heterocycles. The molecule has 1 fully saturated rings. The first-order valence-corrected chi connectivity index (χ1v) is 5.64. The van der Waals surface area contributed by atoms with Crippen LogP contribution in [0.5, 0.6) is 0 Å². The van der Waals surface area contributed by atoms with E-state index < -0.39 is 0 Å². The van der Waals surface area contributed by atoms with Gasteiger partial charge in [-0.2, -0.15) is 0 Å². The molecule has 0 spiro atoms. The molecule has 0 bridgehead atoms. The summed E-state index contributed by atoms with van der Waals surface area (Å²) >= 11 is 0. The van der Waals surface area contributed by atoms with Crippen molar-refractivity contribution < 1.29 is 0 Å². The smallest absolute Gasteiger partial charge is 0.0323 e. The number of likely N-dealkylation sites (tertiary alicyclic amines) is 1. The maximum Gasteiger partial charge on any atom is 0.0323 e. The molecule has 0 aliphatic carbocycles. The molecule has 1 aromatic carbocycles. The second kappa shape index (κ2) is 3.95. The average Bonchev–Trinajstić information content (AvgIpc) is 2.16. The molecule has 2 rings (SSSR count). The highest BCUT2D eigenvalue weighted by Crippen LogP contribution is 2.27. The molecule has 0 aromatic heterocycles. The van der Waals surface area contributed by atoms with Gasteiger partial charge in [0.2, 0.25) is 0 Å². The predicted molar refractivity (Wildman–Crippen MR) is 63.9 cm³/mol. The molecule has 1 aliphatic rings. The molecule has 1 atom stereocenters. The standard InChI is InChI=1S/C13H20N2/c1-9-4-5-10(2)13(6-9)11(3)15-7-12(14)8-15/h4-6,11-12H,7-8,14H2,1-3H3. The number of benzene rings is 1. The zero-order valence-electron chi connectivity index (χ0n) is 9.83. The molecular formula is C13H20N2. The second-order valence-electron chi connectivity index (χ2n) is 4.75. The number of rotatable bonds is 2. The van der Waals surface area contributed by atoms with Crippen molar-refractivity contribution in [3.05, 3.63) is 34.9 Å².